The molecule has 0 saturated carbocycles. The first-order chi connectivity index (χ1) is 13.6. The highest BCUT2D eigenvalue weighted by molar-refractivity contribution is 7.19. The molecule has 1 unspecified atom stereocenters. The number of carbonyl (C=O) groups excluding carboxylic acids is 2. The van der Waals surface area contributed by atoms with Crippen LogP contribution in [0.5, 0.6) is 0 Å². The summed E-state index contributed by atoms with van der Waals surface area (Å²) in [5.74, 6) is -0.332. The van der Waals surface area contributed by atoms with Gasteiger partial charge in [0.25, 0.3) is 5.91 Å². The second-order valence-electron chi connectivity index (χ2n) is 6.62. The molecule has 0 aliphatic carbocycles. The van der Waals surface area contributed by atoms with Crippen molar-refractivity contribution >= 4 is 52.5 Å². The molecule has 0 spiro atoms. The number of nitrogens with zero attached hydrogens (tertiary/aromatic N) is 2. The highest BCUT2D eigenvalue weighted by atomic mass is 35.5. The van der Waals surface area contributed by atoms with Crippen LogP contribution >= 0.6 is 22.9 Å². The molecule has 7 heteroatoms. The molecule has 2 aromatic carbocycles. The van der Waals surface area contributed by atoms with Crippen molar-refractivity contribution in [2.45, 2.75) is 12.5 Å². The van der Waals surface area contributed by atoms with E-state index in [1.54, 1.807) is 0 Å². The number of anilines is 1. The van der Waals surface area contributed by atoms with Crippen LogP contribution in [0.3, 0.4) is 0 Å². The molecule has 0 bridgehead atoms. The van der Waals surface area contributed by atoms with Crippen LogP contribution in [0.4, 0.5) is 16.2 Å². The number of urea groups is 1. The van der Waals surface area contributed by atoms with Gasteiger partial charge in [-0.3, -0.25) is 20.0 Å². The van der Waals surface area contributed by atoms with Crippen LogP contribution in [0.2, 0.25) is 4.34 Å². The molecule has 1 atom stereocenters. The Hall–Kier alpha value is -2.96. The molecule has 1 aromatic heterocycles. The smallest absolute Gasteiger partial charge is 0.277 e. The minimum absolute atomic E-state index is 0.332. The lowest BCUT2D eigenvalue weighted by Crippen LogP contribution is -2.29. The average molecular weight is 408 g/mol. The molecule has 0 radical (unpaired) electrons. The number of nitrogens with one attached hydrogen (secondary N) is 1. The second kappa shape index (κ2) is 6.58. The molecular weight excluding hydrogens is 394 g/mol. The molecule has 1 N–H and O–H groups in total. The van der Waals surface area contributed by atoms with Crippen LogP contribution in [0.15, 0.2) is 59.6 Å². The largest absolute Gasteiger partial charge is 0.329 e. The van der Waals surface area contributed by atoms with Gasteiger partial charge in [0.15, 0.2) is 0 Å². The van der Waals surface area contributed by atoms with Crippen LogP contribution in [0, 0.1) is 0 Å². The molecule has 1 saturated heterocycles. The van der Waals surface area contributed by atoms with Crippen molar-refractivity contribution in [3.05, 3.63) is 70.1 Å². The van der Waals surface area contributed by atoms with Crippen molar-refractivity contribution in [2.24, 2.45) is 4.99 Å². The van der Waals surface area contributed by atoms with Crippen molar-refractivity contribution < 1.29 is 9.59 Å². The van der Waals surface area contributed by atoms with Gasteiger partial charge in [-0.15, -0.1) is 11.3 Å². The number of fused-ring (bicyclic) bond motifs is 1. The van der Waals surface area contributed by atoms with Gasteiger partial charge < -0.3 is 0 Å². The Morgan fingerprint density at radius 1 is 1.07 bits per heavy atom. The third kappa shape index (κ3) is 2.82. The monoisotopic (exact) mass is 407 g/mol. The zero-order valence-electron chi connectivity index (χ0n) is 14.6. The Morgan fingerprint density at radius 3 is 2.64 bits per heavy atom. The van der Waals surface area contributed by atoms with E-state index in [2.05, 4.69) is 10.3 Å². The summed E-state index contributed by atoms with van der Waals surface area (Å²) in [6, 6.07) is 16.0. The van der Waals surface area contributed by atoms with Crippen LogP contribution < -0.4 is 10.2 Å². The van der Waals surface area contributed by atoms with Gasteiger partial charge in [0.2, 0.25) is 0 Å². The van der Waals surface area contributed by atoms with E-state index in [4.69, 9.17) is 11.6 Å². The SMILES string of the molecule is O=C1NC(=O)N(c2ccc3c(c2)N=CC3)C1c1ccc(-c2ccc(Cl)s2)cc1. The summed E-state index contributed by atoms with van der Waals surface area (Å²) < 4.78 is 0.727. The first-order valence-corrected chi connectivity index (χ1v) is 9.95. The van der Waals surface area contributed by atoms with Crippen molar-refractivity contribution in [1.29, 1.82) is 0 Å². The van der Waals surface area contributed by atoms with Crippen molar-refractivity contribution in [3.63, 3.8) is 0 Å². The maximum Gasteiger partial charge on any atom is 0.329 e. The summed E-state index contributed by atoms with van der Waals surface area (Å²) in [7, 11) is 0. The predicted octanol–water partition coefficient (Wildman–Crippen LogP) is 5.12. The van der Waals surface area contributed by atoms with Crippen LogP contribution in [0.25, 0.3) is 10.4 Å². The molecule has 2 aliphatic rings. The van der Waals surface area contributed by atoms with E-state index in [9.17, 15) is 9.59 Å². The van der Waals surface area contributed by atoms with E-state index in [0.717, 1.165) is 38.0 Å². The first kappa shape index (κ1) is 17.2. The minimum atomic E-state index is -0.711. The standard InChI is InChI=1S/C21H14ClN3O2S/c22-18-8-7-17(28-18)13-1-3-14(4-2-13)19-20(26)24-21(27)25(19)15-6-5-12-9-10-23-16(12)11-15/h1-8,10-11,19H,9H2,(H,24,26,27). The summed E-state index contributed by atoms with van der Waals surface area (Å²) in [5, 5.41) is 2.43. The van der Waals surface area contributed by atoms with Crippen molar-refractivity contribution in [1.82, 2.24) is 5.32 Å². The second-order valence-corrected chi connectivity index (χ2v) is 8.34. The van der Waals surface area contributed by atoms with Gasteiger partial charge in [-0.1, -0.05) is 41.9 Å². The highest BCUT2D eigenvalue weighted by Crippen LogP contribution is 2.37. The zero-order valence-corrected chi connectivity index (χ0v) is 16.1. The van der Waals surface area contributed by atoms with Gasteiger partial charge in [0.1, 0.15) is 6.04 Å². The van der Waals surface area contributed by atoms with Crippen molar-refractivity contribution in [2.75, 3.05) is 4.90 Å². The number of halogens is 1. The van der Waals surface area contributed by atoms with Crippen LogP contribution in [-0.2, 0) is 11.2 Å². The first-order valence-electron chi connectivity index (χ1n) is 8.75. The predicted molar refractivity (Wildman–Crippen MR) is 112 cm³/mol. The number of imide groups is 1. The summed E-state index contributed by atoms with van der Waals surface area (Å²) in [4.78, 5) is 31.9. The molecule has 5 nitrogen and oxygen atoms in total. The van der Waals surface area contributed by atoms with Gasteiger partial charge in [-0.25, -0.2) is 4.79 Å². The fourth-order valence-electron chi connectivity index (χ4n) is 3.57. The number of carbonyl (C=O) groups is 2. The number of hydrogen-bond donors (Lipinski definition) is 1. The number of aliphatic imine (C=N–C) groups is 1. The van der Waals surface area contributed by atoms with Crippen LogP contribution in [0.1, 0.15) is 17.2 Å². The summed E-state index contributed by atoms with van der Waals surface area (Å²) >= 11 is 7.52. The summed E-state index contributed by atoms with van der Waals surface area (Å²) in [6.45, 7) is 0. The number of hydrogen-bond acceptors (Lipinski definition) is 4. The van der Waals surface area contributed by atoms with E-state index in [-0.39, 0.29) is 5.91 Å². The van der Waals surface area contributed by atoms with E-state index in [1.165, 1.54) is 16.2 Å². The molecule has 28 heavy (non-hydrogen) atoms. The van der Waals surface area contributed by atoms with E-state index >= 15 is 0 Å². The molecular formula is C21H14ClN3O2S. The Balaban J connectivity index is 1.51. The minimum Gasteiger partial charge on any atom is -0.277 e. The summed E-state index contributed by atoms with van der Waals surface area (Å²) in [5.41, 5.74) is 4.38. The van der Waals surface area contributed by atoms with E-state index in [1.807, 2.05) is 60.8 Å². The molecule has 1 fully saturated rings. The Bertz CT molecular complexity index is 1140. The number of thiophene rings is 1. The fraction of sp³-hybridized carbons (Fsp3) is 0.0952. The van der Waals surface area contributed by atoms with E-state index < -0.39 is 12.1 Å². The quantitative estimate of drug-likeness (QED) is 0.612. The van der Waals surface area contributed by atoms with Gasteiger partial charge in [0.05, 0.1) is 10.0 Å². The number of rotatable bonds is 3. The lowest BCUT2D eigenvalue weighted by molar-refractivity contribution is -0.119. The molecule has 5 rings (SSSR count). The highest BCUT2D eigenvalue weighted by Gasteiger charge is 2.40. The van der Waals surface area contributed by atoms with E-state index in [0.29, 0.717) is 5.69 Å². The molecule has 3 amide bonds. The molecule has 3 heterocycles. The lowest BCUT2D eigenvalue weighted by atomic mass is 10.0. The lowest BCUT2D eigenvalue weighted by Gasteiger charge is -2.22. The fourth-order valence-corrected chi connectivity index (χ4v) is 4.62. The van der Waals surface area contributed by atoms with Crippen LogP contribution in [-0.4, -0.2) is 18.2 Å². The van der Waals surface area contributed by atoms with Gasteiger partial charge in [0, 0.05) is 23.2 Å². The number of benzene rings is 2. The Kier molecular flexibility index (Phi) is 4.03. The third-order valence-electron chi connectivity index (χ3n) is 4.93. The normalized spacial score (nSPS) is 17.9. The third-order valence-corrected chi connectivity index (χ3v) is 6.21. The average Bonchev–Trinajstić information content (AvgIpc) is 3.40. The summed E-state index contributed by atoms with van der Waals surface area (Å²) in [6.07, 6.45) is 2.63. The molecule has 3 aromatic rings. The molecule has 138 valence electrons. The Labute approximate surface area is 170 Å². The number of amides is 3. The van der Waals surface area contributed by atoms with Gasteiger partial charge in [-0.2, -0.15) is 0 Å². The van der Waals surface area contributed by atoms with Crippen molar-refractivity contribution in [3.8, 4) is 10.4 Å². The maximum absolute atomic E-state index is 12.5. The zero-order chi connectivity index (χ0) is 19.3. The molecule has 2 aliphatic heterocycles. The van der Waals surface area contributed by atoms with Gasteiger partial charge >= 0.3 is 6.03 Å². The topological polar surface area (TPSA) is 61.8 Å². The van der Waals surface area contributed by atoms with Gasteiger partial charge in [-0.05, 0) is 41.0 Å². The Morgan fingerprint density at radius 2 is 1.89 bits per heavy atom. The maximum atomic E-state index is 12.5.